The SMILES string of the molecule is CC(C)(C)[Si](C)(C)OCc1ccc2nc(N)sc2n1. The predicted octanol–water partition coefficient (Wildman–Crippen LogP) is 3.80. The van der Waals surface area contributed by atoms with E-state index in [0.717, 1.165) is 16.0 Å². The zero-order valence-corrected chi connectivity index (χ0v) is 14.0. The van der Waals surface area contributed by atoms with Crippen molar-refractivity contribution in [2.75, 3.05) is 5.73 Å². The van der Waals surface area contributed by atoms with Gasteiger partial charge >= 0.3 is 0 Å². The number of nitrogen functional groups attached to an aromatic ring is 1. The van der Waals surface area contributed by atoms with Crippen molar-refractivity contribution in [3.63, 3.8) is 0 Å². The van der Waals surface area contributed by atoms with Crippen LogP contribution in [0.2, 0.25) is 18.1 Å². The molecule has 0 saturated heterocycles. The summed E-state index contributed by atoms with van der Waals surface area (Å²) < 4.78 is 6.17. The molecule has 0 aliphatic rings. The van der Waals surface area contributed by atoms with Crippen molar-refractivity contribution in [2.45, 2.75) is 45.5 Å². The van der Waals surface area contributed by atoms with Gasteiger partial charge in [-0.05, 0) is 30.3 Å². The summed E-state index contributed by atoms with van der Waals surface area (Å²) in [7, 11) is -1.73. The highest BCUT2D eigenvalue weighted by atomic mass is 32.1. The first-order chi connectivity index (χ1) is 8.69. The maximum Gasteiger partial charge on any atom is 0.192 e. The summed E-state index contributed by atoms with van der Waals surface area (Å²) in [6.45, 7) is 11.8. The molecule has 0 unspecified atom stereocenters. The second-order valence-corrected chi connectivity index (χ2v) is 12.0. The van der Waals surface area contributed by atoms with E-state index in [1.807, 2.05) is 12.1 Å². The van der Waals surface area contributed by atoms with Gasteiger partial charge in [0.25, 0.3) is 0 Å². The Labute approximate surface area is 119 Å². The summed E-state index contributed by atoms with van der Waals surface area (Å²) in [6.07, 6.45) is 0. The normalized spacial score (nSPS) is 13.1. The molecule has 0 aliphatic heterocycles. The lowest BCUT2D eigenvalue weighted by molar-refractivity contribution is 0.272. The Balaban J connectivity index is 2.14. The first-order valence-electron chi connectivity index (χ1n) is 6.35. The lowest BCUT2D eigenvalue weighted by atomic mass is 10.2. The molecule has 2 aromatic rings. The molecule has 0 amide bonds. The van der Waals surface area contributed by atoms with Crippen LogP contribution in [0, 0.1) is 0 Å². The number of hydrogen-bond acceptors (Lipinski definition) is 5. The van der Waals surface area contributed by atoms with Crippen molar-refractivity contribution in [3.05, 3.63) is 17.8 Å². The van der Waals surface area contributed by atoms with Gasteiger partial charge in [0.15, 0.2) is 13.4 Å². The van der Waals surface area contributed by atoms with E-state index in [9.17, 15) is 0 Å². The lowest BCUT2D eigenvalue weighted by Crippen LogP contribution is -2.40. The van der Waals surface area contributed by atoms with Crippen LogP contribution in [0.1, 0.15) is 26.5 Å². The van der Waals surface area contributed by atoms with E-state index in [1.165, 1.54) is 11.3 Å². The van der Waals surface area contributed by atoms with Crippen molar-refractivity contribution in [1.82, 2.24) is 9.97 Å². The highest BCUT2D eigenvalue weighted by Crippen LogP contribution is 2.37. The van der Waals surface area contributed by atoms with Crippen LogP contribution in [-0.2, 0) is 11.0 Å². The number of rotatable bonds is 3. The molecular weight excluding hydrogens is 274 g/mol. The molecule has 2 aromatic heterocycles. The van der Waals surface area contributed by atoms with Crippen LogP contribution in [0.5, 0.6) is 0 Å². The number of aromatic nitrogens is 2. The highest BCUT2D eigenvalue weighted by molar-refractivity contribution is 7.21. The predicted molar refractivity (Wildman–Crippen MR) is 83.8 cm³/mol. The van der Waals surface area contributed by atoms with E-state index in [2.05, 4.69) is 43.8 Å². The minimum absolute atomic E-state index is 0.214. The average molecular weight is 295 g/mol. The highest BCUT2D eigenvalue weighted by Gasteiger charge is 2.37. The number of anilines is 1. The molecule has 0 fully saturated rings. The van der Waals surface area contributed by atoms with Gasteiger partial charge in [-0.2, -0.15) is 0 Å². The molecule has 0 spiro atoms. The molecule has 2 N–H and O–H groups in total. The standard InChI is InChI=1S/C13H21N3OSSi/c1-13(2,3)19(4,5)17-8-9-6-7-10-11(15-9)18-12(14)16-10/h6-7H,8H2,1-5H3,(H2,14,16). The summed E-state index contributed by atoms with van der Waals surface area (Å²) in [5.74, 6) is 0. The van der Waals surface area contributed by atoms with Crippen LogP contribution in [0.25, 0.3) is 10.3 Å². The number of hydrogen-bond donors (Lipinski definition) is 1. The fourth-order valence-corrected chi connectivity index (χ4v) is 3.09. The minimum atomic E-state index is -1.73. The number of nitrogens with zero attached hydrogens (tertiary/aromatic N) is 2. The smallest absolute Gasteiger partial charge is 0.192 e. The molecule has 0 bridgehead atoms. The monoisotopic (exact) mass is 295 g/mol. The van der Waals surface area contributed by atoms with Crippen molar-refractivity contribution in [3.8, 4) is 0 Å². The third-order valence-corrected chi connectivity index (χ3v) is 8.99. The second-order valence-electron chi connectivity index (χ2n) is 6.23. The number of pyridine rings is 1. The molecule has 4 nitrogen and oxygen atoms in total. The van der Waals surface area contributed by atoms with Crippen LogP contribution in [-0.4, -0.2) is 18.3 Å². The summed E-state index contributed by atoms with van der Waals surface area (Å²) in [6, 6.07) is 3.92. The maximum absolute atomic E-state index is 6.17. The molecule has 0 atom stereocenters. The molecular formula is C13H21N3OSSi. The summed E-state index contributed by atoms with van der Waals surface area (Å²) >= 11 is 1.42. The third-order valence-electron chi connectivity index (χ3n) is 3.72. The van der Waals surface area contributed by atoms with Gasteiger partial charge in [0.2, 0.25) is 0 Å². The van der Waals surface area contributed by atoms with Gasteiger partial charge < -0.3 is 10.2 Å². The van der Waals surface area contributed by atoms with Gasteiger partial charge in [0, 0.05) is 0 Å². The molecule has 19 heavy (non-hydrogen) atoms. The van der Waals surface area contributed by atoms with Crippen LogP contribution in [0.3, 0.4) is 0 Å². The minimum Gasteiger partial charge on any atom is -0.411 e. The first-order valence-corrected chi connectivity index (χ1v) is 10.1. The Morgan fingerprint density at radius 3 is 2.58 bits per heavy atom. The Kier molecular flexibility index (Phi) is 3.68. The van der Waals surface area contributed by atoms with Gasteiger partial charge in [-0.1, -0.05) is 32.1 Å². The van der Waals surface area contributed by atoms with Gasteiger partial charge in [-0.25, -0.2) is 9.97 Å². The zero-order valence-electron chi connectivity index (χ0n) is 12.2. The van der Waals surface area contributed by atoms with Crippen LogP contribution >= 0.6 is 11.3 Å². The van der Waals surface area contributed by atoms with E-state index in [0.29, 0.717) is 11.7 Å². The zero-order chi connectivity index (χ0) is 14.3. The molecule has 104 valence electrons. The van der Waals surface area contributed by atoms with Gasteiger partial charge in [-0.3, -0.25) is 0 Å². The van der Waals surface area contributed by atoms with Crippen LogP contribution < -0.4 is 5.73 Å². The fraction of sp³-hybridized carbons (Fsp3) is 0.538. The average Bonchev–Trinajstić information content (AvgIpc) is 2.64. The largest absolute Gasteiger partial charge is 0.411 e. The Morgan fingerprint density at radius 1 is 1.26 bits per heavy atom. The molecule has 2 rings (SSSR count). The van der Waals surface area contributed by atoms with E-state index in [1.54, 1.807) is 0 Å². The Morgan fingerprint density at radius 2 is 1.95 bits per heavy atom. The van der Waals surface area contributed by atoms with E-state index < -0.39 is 8.32 Å². The van der Waals surface area contributed by atoms with Gasteiger partial charge in [0.1, 0.15) is 10.3 Å². The van der Waals surface area contributed by atoms with E-state index in [-0.39, 0.29) is 5.04 Å². The Bertz CT molecular complexity index is 589. The topological polar surface area (TPSA) is 61.0 Å². The van der Waals surface area contributed by atoms with Crippen LogP contribution in [0.4, 0.5) is 5.13 Å². The number of nitrogens with two attached hydrogens (primary N) is 1. The van der Waals surface area contributed by atoms with Crippen LogP contribution in [0.15, 0.2) is 12.1 Å². The number of thiazole rings is 1. The lowest BCUT2D eigenvalue weighted by Gasteiger charge is -2.36. The number of fused-ring (bicyclic) bond motifs is 1. The molecule has 6 heteroatoms. The second kappa shape index (κ2) is 4.85. The van der Waals surface area contributed by atoms with E-state index in [4.69, 9.17) is 10.2 Å². The molecule has 0 aliphatic carbocycles. The fourth-order valence-electron chi connectivity index (χ4n) is 1.42. The van der Waals surface area contributed by atoms with Crippen molar-refractivity contribution >= 4 is 35.1 Å². The van der Waals surface area contributed by atoms with E-state index >= 15 is 0 Å². The summed E-state index contributed by atoms with van der Waals surface area (Å²) in [5.41, 5.74) is 7.49. The Hall–Kier alpha value is -0.983. The quantitative estimate of drug-likeness (QED) is 0.875. The molecule has 0 aromatic carbocycles. The molecule has 0 radical (unpaired) electrons. The maximum atomic E-state index is 6.17. The van der Waals surface area contributed by atoms with Crippen molar-refractivity contribution in [2.24, 2.45) is 0 Å². The van der Waals surface area contributed by atoms with Crippen molar-refractivity contribution < 1.29 is 4.43 Å². The van der Waals surface area contributed by atoms with Gasteiger partial charge in [-0.15, -0.1) is 0 Å². The summed E-state index contributed by atoms with van der Waals surface area (Å²) in [5, 5.41) is 0.774. The first kappa shape index (κ1) is 14.4. The third kappa shape index (κ3) is 3.13. The summed E-state index contributed by atoms with van der Waals surface area (Å²) in [4.78, 5) is 9.64. The van der Waals surface area contributed by atoms with Gasteiger partial charge in [0.05, 0.1) is 12.3 Å². The molecule has 2 heterocycles. The van der Waals surface area contributed by atoms with Crippen molar-refractivity contribution in [1.29, 1.82) is 0 Å². The molecule has 0 saturated carbocycles.